The van der Waals surface area contributed by atoms with Crippen molar-refractivity contribution in [3.63, 3.8) is 0 Å². The van der Waals surface area contributed by atoms with Gasteiger partial charge in [0.15, 0.2) is 0 Å². The van der Waals surface area contributed by atoms with Crippen LogP contribution < -0.4 is 10.2 Å². The smallest absolute Gasteiger partial charge is 0.353 e. The van der Waals surface area contributed by atoms with Crippen LogP contribution in [0.15, 0.2) is 42.6 Å². The van der Waals surface area contributed by atoms with E-state index in [0.717, 1.165) is 18.4 Å². The van der Waals surface area contributed by atoms with Gasteiger partial charge >= 0.3 is 6.18 Å². The number of anilines is 1. The number of amides is 2. The Bertz CT molecular complexity index is 966. The van der Waals surface area contributed by atoms with Crippen molar-refractivity contribution in [2.75, 3.05) is 37.6 Å². The van der Waals surface area contributed by atoms with E-state index in [0.29, 0.717) is 31.0 Å². The number of pyridine rings is 1. The zero-order valence-electron chi connectivity index (χ0n) is 17.6. The number of hydrogen-bond acceptors (Lipinski definition) is 4. The molecule has 0 unspecified atom stereocenters. The third-order valence-corrected chi connectivity index (χ3v) is 5.90. The highest BCUT2D eigenvalue weighted by molar-refractivity contribution is 5.96. The highest BCUT2D eigenvalue weighted by Gasteiger charge is 2.36. The number of piperazine rings is 1. The van der Waals surface area contributed by atoms with Crippen LogP contribution in [0.2, 0.25) is 0 Å². The molecule has 1 saturated carbocycles. The molecule has 2 aliphatic rings. The lowest BCUT2D eigenvalue weighted by Gasteiger charge is -2.35. The van der Waals surface area contributed by atoms with Crippen LogP contribution in [-0.2, 0) is 6.18 Å². The quantitative estimate of drug-likeness (QED) is 0.737. The third kappa shape index (κ3) is 5.20. The van der Waals surface area contributed by atoms with Gasteiger partial charge in [-0.3, -0.25) is 9.59 Å². The summed E-state index contributed by atoms with van der Waals surface area (Å²) in [4.78, 5) is 32.7. The first-order valence-corrected chi connectivity index (χ1v) is 10.8. The molecule has 6 nitrogen and oxygen atoms in total. The van der Waals surface area contributed by atoms with E-state index in [1.807, 2.05) is 4.90 Å². The number of benzene rings is 1. The van der Waals surface area contributed by atoms with Crippen LogP contribution in [0, 0.1) is 5.92 Å². The van der Waals surface area contributed by atoms with Crippen LogP contribution in [0.1, 0.15) is 45.5 Å². The van der Waals surface area contributed by atoms with E-state index in [4.69, 9.17) is 0 Å². The Kier molecular flexibility index (Phi) is 6.34. The second kappa shape index (κ2) is 9.18. The van der Waals surface area contributed by atoms with Crippen LogP contribution in [0.5, 0.6) is 0 Å². The van der Waals surface area contributed by atoms with Crippen LogP contribution in [0.25, 0.3) is 0 Å². The van der Waals surface area contributed by atoms with E-state index >= 15 is 0 Å². The lowest BCUT2D eigenvalue weighted by atomic mass is 10.1. The summed E-state index contributed by atoms with van der Waals surface area (Å²) in [6.45, 7) is 2.13. The maximum absolute atomic E-state index is 13.2. The van der Waals surface area contributed by atoms with Gasteiger partial charge < -0.3 is 15.1 Å². The van der Waals surface area contributed by atoms with E-state index < -0.39 is 17.6 Å². The van der Waals surface area contributed by atoms with E-state index in [9.17, 15) is 22.8 Å². The number of aromatic nitrogens is 1. The van der Waals surface area contributed by atoms with Crippen molar-refractivity contribution < 1.29 is 22.8 Å². The second-order valence-electron chi connectivity index (χ2n) is 8.22. The Balaban J connectivity index is 1.32. The number of carbonyl (C=O) groups excluding carboxylic acids is 2. The van der Waals surface area contributed by atoms with E-state index in [1.54, 1.807) is 12.1 Å². The van der Waals surface area contributed by atoms with Crippen LogP contribution >= 0.6 is 0 Å². The molecule has 1 aromatic carbocycles. The zero-order chi connectivity index (χ0) is 22.7. The molecular formula is C23H25F3N4O2. The normalized spacial score (nSPS) is 16.7. The summed E-state index contributed by atoms with van der Waals surface area (Å²) in [7, 11) is 0. The Morgan fingerprint density at radius 1 is 1.03 bits per heavy atom. The molecule has 4 rings (SSSR count). The Labute approximate surface area is 184 Å². The average Bonchev–Trinajstić information content (AvgIpc) is 3.63. The molecule has 0 atom stereocenters. The van der Waals surface area contributed by atoms with Crippen molar-refractivity contribution in [3.05, 3.63) is 59.3 Å². The number of alkyl halides is 3. The zero-order valence-corrected chi connectivity index (χ0v) is 17.6. The van der Waals surface area contributed by atoms with E-state index in [-0.39, 0.29) is 24.6 Å². The number of nitrogens with zero attached hydrogens (tertiary/aromatic N) is 3. The summed E-state index contributed by atoms with van der Waals surface area (Å²) in [6.07, 6.45) is 0.455. The maximum atomic E-state index is 13.2. The minimum atomic E-state index is -4.58. The van der Waals surface area contributed by atoms with Gasteiger partial charge in [0.2, 0.25) is 0 Å². The van der Waals surface area contributed by atoms with Crippen molar-refractivity contribution >= 4 is 17.6 Å². The maximum Gasteiger partial charge on any atom is 0.417 e. The predicted octanol–water partition coefficient (Wildman–Crippen LogP) is 3.59. The SMILES string of the molecule is O=C(NCCC1CC1)c1ccc(N2CCN(C(=O)c3ccccc3C(F)(F)F)CC2)nc1. The van der Waals surface area contributed by atoms with E-state index in [2.05, 4.69) is 10.3 Å². The van der Waals surface area contributed by atoms with Crippen molar-refractivity contribution in [2.45, 2.75) is 25.4 Å². The van der Waals surface area contributed by atoms with Gasteiger partial charge in [-0.2, -0.15) is 13.2 Å². The number of halogens is 3. The average molecular weight is 446 g/mol. The molecule has 1 aliphatic carbocycles. The number of rotatable bonds is 6. The van der Waals surface area contributed by atoms with Crippen molar-refractivity contribution in [1.82, 2.24) is 15.2 Å². The minimum absolute atomic E-state index is 0.150. The van der Waals surface area contributed by atoms with Crippen molar-refractivity contribution in [1.29, 1.82) is 0 Å². The fourth-order valence-corrected chi connectivity index (χ4v) is 3.83. The highest BCUT2D eigenvalue weighted by atomic mass is 19.4. The second-order valence-corrected chi connectivity index (χ2v) is 8.22. The number of nitrogens with one attached hydrogen (secondary N) is 1. The van der Waals surface area contributed by atoms with Crippen molar-refractivity contribution in [3.8, 4) is 0 Å². The van der Waals surface area contributed by atoms with Gasteiger partial charge in [0.05, 0.1) is 16.7 Å². The molecule has 0 radical (unpaired) electrons. The Hall–Kier alpha value is -3.10. The monoisotopic (exact) mass is 446 g/mol. The summed E-state index contributed by atoms with van der Waals surface area (Å²) in [5, 5.41) is 2.90. The lowest BCUT2D eigenvalue weighted by molar-refractivity contribution is -0.138. The fourth-order valence-electron chi connectivity index (χ4n) is 3.83. The standard InChI is InChI=1S/C23H25F3N4O2/c24-23(25,26)19-4-2-1-3-18(19)22(32)30-13-11-29(12-14-30)20-8-7-17(15-28-20)21(31)27-10-9-16-5-6-16/h1-4,7-8,15-16H,5-6,9-14H2,(H,27,31). The van der Waals surface area contributed by atoms with Gasteiger partial charge in [0.25, 0.3) is 11.8 Å². The molecule has 32 heavy (non-hydrogen) atoms. The third-order valence-electron chi connectivity index (χ3n) is 5.90. The van der Waals surface area contributed by atoms with Gasteiger partial charge in [0.1, 0.15) is 5.82 Å². The summed E-state index contributed by atoms with van der Waals surface area (Å²) >= 11 is 0. The summed E-state index contributed by atoms with van der Waals surface area (Å²) in [6, 6.07) is 8.33. The molecule has 1 aliphatic heterocycles. The van der Waals surface area contributed by atoms with Gasteiger partial charge in [-0.1, -0.05) is 25.0 Å². The van der Waals surface area contributed by atoms with Gasteiger partial charge in [-0.25, -0.2) is 4.98 Å². The molecule has 0 spiro atoms. The number of hydrogen-bond donors (Lipinski definition) is 1. The summed E-state index contributed by atoms with van der Waals surface area (Å²) in [5.74, 6) is 0.651. The van der Waals surface area contributed by atoms with Gasteiger partial charge in [0, 0.05) is 38.9 Å². The van der Waals surface area contributed by atoms with E-state index in [1.165, 1.54) is 42.1 Å². The first kappa shape index (κ1) is 22.1. The molecule has 2 amide bonds. The molecule has 0 bridgehead atoms. The minimum Gasteiger partial charge on any atom is -0.353 e. The Morgan fingerprint density at radius 2 is 1.75 bits per heavy atom. The molecule has 2 aromatic rings. The topological polar surface area (TPSA) is 65.5 Å². The first-order valence-electron chi connectivity index (χ1n) is 10.8. The molecule has 170 valence electrons. The van der Waals surface area contributed by atoms with Gasteiger partial charge in [-0.15, -0.1) is 0 Å². The Morgan fingerprint density at radius 3 is 2.38 bits per heavy atom. The summed E-state index contributed by atoms with van der Waals surface area (Å²) in [5.41, 5.74) is -0.758. The fraction of sp³-hybridized carbons (Fsp3) is 0.435. The molecule has 1 N–H and O–H groups in total. The molecule has 2 fully saturated rings. The summed E-state index contributed by atoms with van der Waals surface area (Å²) < 4.78 is 39.7. The molecule has 1 aromatic heterocycles. The number of carbonyl (C=O) groups is 2. The van der Waals surface area contributed by atoms with Crippen LogP contribution in [0.4, 0.5) is 19.0 Å². The largest absolute Gasteiger partial charge is 0.417 e. The lowest BCUT2D eigenvalue weighted by Crippen LogP contribution is -2.49. The molecule has 2 heterocycles. The van der Waals surface area contributed by atoms with Crippen LogP contribution in [0.3, 0.4) is 0 Å². The predicted molar refractivity (Wildman–Crippen MR) is 113 cm³/mol. The van der Waals surface area contributed by atoms with Crippen molar-refractivity contribution in [2.24, 2.45) is 5.92 Å². The molecular weight excluding hydrogens is 421 g/mol. The first-order chi connectivity index (χ1) is 15.3. The molecule has 9 heteroatoms. The van der Waals surface area contributed by atoms with Crippen LogP contribution in [-0.4, -0.2) is 54.4 Å². The van der Waals surface area contributed by atoms with Gasteiger partial charge in [-0.05, 0) is 36.6 Å². The molecule has 1 saturated heterocycles. The highest BCUT2D eigenvalue weighted by Crippen LogP contribution is 2.33.